The van der Waals surface area contributed by atoms with Gasteiger partial charge in [-0.05, 0) is 19.1 Å². The van der Waals surface area contributed by atoms with E-state index in [4.69, 9.17) is 5.11 Å². The minimum Gasteiger partial charge on any atom is -0.478 e. The molecule has 0 amide bonds. The molecule has 1 unspecified atom stereocenters. The first kappa shape index (κ1) is 13.9. The Morgan fingerprint density at radius 2 is 1.94 bits per heavy atom. The number of carboxylic acid groups (broad SMARTS) is 1. The zero-order chi connectivity index (χ0) is 13.9. The van der Waals surface area contributed by atoms with Gasteiger partial charge in [-0.15, -0.1) is 0 Å². The van der Waals surface area contributed by atoms with Crippen molar-refractivity contribution in [1.82, 2.24) is 0 Å². The van der Waals surface area contributed by atoms with Gasteiger partial charge in [0.2, 0.25) is 0 Å². The van der Waals surface area contributed by atoms with Crippen LogP contribution in [-0.4, -0.2) is 30.2 Å². The summed E-state index contributed by atoms with van der Waals surface area (Å²) in [5.74, 6) is -5.06. The average Bonchev–Trinajstić information content (AvgIpc) is 2.33. The highest BCUT2D eigenvalue weighted by molar-refractivity contribution is 5.88. The molecule has 0 aromatic heterocycles. The number of nitrogens with one attached hydrogen (secondary N) is 1. The molecule has 0 bridgehead atoms. The van der Waals surface area contributed by atoms with Crippen molar-refractivity contribution < 1.29 is 28.2 Å². The summed E-state index contributed by atoms with van der Waals surface area (Å²) in [5, 5.41) is 11.0. The molecule has 2 N–H and O–H groups in total. The van der Waals surface area contributed by atoms with Gasteiger partial charge in [-0.3, -0.25) is 0 Å². The Morgan fingerprint density at radius 1 is 1.33 bits per heavy atom. The molecule has 1 rings (SSSR count). The Bertz CT molecular complexity index is 490. The number of aromatic carboxylic acids is 1. The number of anilines is 1. The highest BCUT2D eigenvalue weighted by atomic mass is 19.2. The molecule has 0 radical (unpaired) electrons. The minimum atomic E-state index is -1.57. The monoisotopic (exact) mass is 259 g/mol. The van der Waals surface area contributed by atoms with Crippen LogP contribution in [0.5, 0.6) is 0 Å². The van der Waals surface area contributed by atoms with Crippen molar-refractivity contribution in [2.75, 3.05) is 12.4 Å². The van der Waals surface area contributed by atoms with Crippen molar-refractivity contribution in [1.29, 1.82) is 0 Å². The Morgan fingerprint density at radius 3 is 2.44 bits per heavy atom. The van der Waals surface area contributed by atoms with E-state index in [2.05, 4.69) is 10.1 Å². The minimum absolute atomic E-state index is 0.310. The molecule has 0 aliphatic carbocycles. The molecule has 0 aliphatic heterocycles. The van der Waals surface area contributed by atoms with Crippen LogP contribution in [0.3, 0.4) is 0 Å². The summed E-state index contributed by atoms with van der Waals surface area (Å²) in [7, 11) is 1.16. The Kier molecular flexibility index (Phi) is 4.19. The Balaban J connectivity index is 3.03. The van der Waals surface area contributed by atoms with E-state index in [0.717, 1.165) is 19.2 Å². The number of carboxylic acids is 1. The van der Waals surface area contributed by atoms with Crippen molar-refractivity contribution >= 4 is 17.6 Å². The molecular weight excluding hydrogens is 248 g/mol. The molecule has 0 fully saturated rings. The fraction of sp³-hybridized carbons (Fsp3) is 0.273. The standard InChI is InChI=1S/C11H11F2NO4/c1-5(11(17)18-2)14-7-4-3-6(10(15)16)8(12)9(7)13/h3-5,14H,1-2H3,(H,15,16). The van der Waals surface area contributed by atoms with Crippen LogP contribution in [0.15, 0.2) is 12.1 Å². The molecule has 0 aliphatic rings. The predicted octanol–water partition coefficient (Wildman–Crippen LogP) is 1.64. The van der Waals surface area contributed by atoms with Crippen molar-refractivity contribution in [2.45, 2.75) is 13.0 Å². The maximum absolute atomic E-state index is 13.5. The van der Waals surface area contributed by atoms with Crippen molar-refractivity contribution in [2.24, 2.45) is 0 Å². The number of esters is 1. The number of halogens is 2. The summed E-state index contributed by atoms with van der Waals surface area (Å²) in [5.41, 5.74) is -1.08. The molecule has 0 spiro atoms. The van der Waals surface area contributed by atoms with Crippen LogP contribution < -0.4 is 5.32 Å². The summed E-state index contributed by atoms with van der Waals surface area (Å²) in [6.45, 7) is 1.40. The number of ether oxygens (including phenoxy) is 1. The van der Waals surface area contributed by atoms with Gasteiger partial charge in [-0.2, -0.15) is 0 Å². The van der Waals surface area contributed by atoms with Gasteiger partial charge in [0.15, 0.2) is 11.6 Å². The van der Waals surface area contributed by atoms with Crippen molar-refractivity contribution in [3.63, 3.8) is 0 Å². The first-order chi connectivity index (χ1) is 8.38. The van der Waals surface area contributed by atoms with Crippen LogP contribution in [0.4, 0.5) is 14.5 Å². The maximum Gasteiger partial charge on any atom is 0.338 e. The number of rotatable bonds is 4. The lowest BCUT2D eigenvalue weighted by atomic mass is 10.1. The zero-order valence-electron chi connectivity index (χ0n) is 9.66. The van der Waals surface area contributed by atoms with Crippen molar-refractivity contribution in [3.8, 4) is 0 Å². The number of hydrogen-bond donors (Lipinski definition) is 2. The van der Waals surface area contributed by atoms with E-state index in [1.807, 2.05) is 0 Å². The molecule has 5 nitrogen and oxygen atoms in total. The summed E-state index contributed by atoms with van der Waals surface area (Å²) < 4.78 is 31.2. The first-order valence-electron chi connectivity index (χ1n) is 4.94. The quantitative estimate of drug-likeness (QED) is 0.804. The van der Waals surface area contributed by atoms with Gasteiger partial charge in [0.05, 0.1) is 18.4 Å². The Hall–Kier alpha value is -2.18. The third kappa shape index (κ3) is 2.73. The van der Waals surface area contributed by atoms with Crippen LogP contribution in [0, 0.1) is 11.6 Å². The van der Waals surface area contributed by atoms with Crippen LogP contribution in [0.1, 0.15) is 17.3 Å². The summed E-state index contributed by atoms with van der Waals surface area (Å²) in [6, 6.07) is 1.06. The third-order valence-electron chi connectivity index (χ3n) is 2.24. The van der Waals surface area contributed by atoms with Crippen molar-refractivity contribution in [3.05, 3.63) is 29.3 Å². The molecule has 98 valence electrons. The smallest absolute Gasteiger partial charge is 0.338 e. The fourth-order valence-corrected chi connectivity index (χ4v) is 1.30. The second-order valence-corrected chi connectivity index (χ2v) is 3.48. The van der Waals surface area contributed by atoms with E-state index in [0.29, 0.717) is 0 Å². The number of hydrogen-bond acceptors (Lipinski definition) is 4. The fourth-order valence-electron chi connectivity index (χ4n) is 1.30. The van der Waals surface area contributed by atoms with Gasteiger partial charge >= 0.3 is 11.9 Å². The lowest BCUT2D eigenvalue weighted by molar-refractivity contribution is -0.141. The van der Waals surface area contributed by atoms with Gasteiger partial charge in [0, 0.05) is 0 Å². The highest BCUT2D eigenvalue weighted by Gasteiger charge is 2.20. The molecular formula is C11H11F2NO4. The lowest BCUT2D eigenvalue weighted by Crippen LogP contribution is -2.27. The van der Waals surface area contributed by atoms with Gasteiger partial charge in [-0.25, -0.2) is 18.4 Å². The largest absolute Gasteiger partial charge is 0.478 e. The molecule has 0 saturated heterocycles. The van der Waals surface area contributed by atoms with Crippen LogP contribution >= 0.6 is 0 Å². The maximum atomic E-state index is 13.5. The van der Waals surface area contributed by atoms with Crippen LogP contribution in [-0.2, 0) is 9.53 Å². The molecule has 1 aromatic carbocycles. The van der Waals surface area contributed by atoms with E-state index >= 15 is 0 Å². The number of carbonyl (C=O) groups is 2. The number of benzene rings is 1. The predicted molar refractivity (Wildman–Crippen MR) is 58.4 cm³/mol. The molecule has 0 saturated carbocycles. The van der Waals surface area contributed by atoms with E-state index in [9.17, 15) is 18.4 Å². The normalized spacial score (nSPS) is 11.8. The Labute approximate surface area is 101 Å². The van der Waals surface area contributed by atoms with Crippen LogP contribution in [0.2, 0.25) is 0 Å². The summed E-state index contributed by atoms with van der Waals surface area (Å²) in [6.07, 6.45) is 0. The summed E-state index contributed by atoms with van der Waals surface area (Å²) >= 11 is 0. The topological polar surface area (TPSA) is 75.6 Å². The summed E-state index contributed by atoms with van der Waals surface area (Å²) in [4.78, 5) is 21.7. The highest BCUT2D eigenvalue weighted by Crippen LogP contribution is 2.21. The molecule has 1 aromatic rings. The molecule has 7 heteroatoms. The van der Waals surface area contributed by atoms with Gasteiger partial charge in [-0.1, -0.05) is 0 Å². The first-order valence-corrected chi connectivity index (χ1v) is 4.94. The number of methoxy groups -OCH3 is 1. The average molecular weight is 259 g/mol. The van der Waals surface area contributed by atoms with Gasteiger partial charge in [0.1, 0.15) is 6.04 Å². The SMILES string of the molecule is COC(=O)C(C)Nc1ccc(C(=O)O)c(F)c1F. The molecule has 1 atom stereocenters. The van der Waals surface area contributed by atoms with E-state index in [1.54, 1.807) is 0 Å². The second kappa shape index (κ2) is 5.44. The number of carbonyl (C=O) groups excluding carboxylic acids is 1. The lowest BCUT2D eigenvalue weighted by Gasteiger charge is -2.14. The van der Waals surface area contributed by atoms with E-state index in [-0.39, 0.29) is 5.69 Å². The molecule has 0 heterocycles. The van der Waals surface area contributed by atoms with Crippen LogP contribution in [0.25, 0.3) is 0 Å². The van der Waals surface area contributed by atoms with E-state index < -0.39 is 35.2 Å². The van der Waals surface area contributed by atoms with Gasteiger partial charge < -0.3 is 15.2 Å². The van der Waals surface area contributed by atoms with Gasteiger partial charge in [0.25, 0.3) is 0 Å². The van der Waals surface area contributed by atoms with E-state index in [1.165, 1.54) is 6.92 Å². The molecule has 18 heavy (non-hydrogen) atoms. The zero-order valence-corrected chi connectivity index (χ0v) is 9.66. The third-order valence-corrected chi connectivity index (χ3v) is 2.24. The second-order valence-electron chi connectivity index (χ2n) is 3.48.